The molecule has 2 N–H and O–H groups in total. The second-order valence-corrected chi connectivity index (χ2v) is 5.92. The average molecular weight is 331 g/mol. The van der Waals surface area contributed by atoms with Gasteiger partial charge in [0.25, 0.3) is 5.91 Å². The average Bonchev–Trinajstić information content (AvgIpc) is 2.53. The van der Waals surface area contributed by atoms with Gasteiger partial charge in [0.15, 0.2) is 0 Å². The molecule has 0 radical (unpaired) electrons. The van der Waals surface area contributed by atoms with E-state index in [1.54, 1.807) is 24.3 Å². The molecule has 5 heteroatoms. The van der Waals surface area contributed by atoms with Crippen molar-refractivity contribution >= 4 is 23.4 Å². The first kappa shape index (κ1) is 17.0. The normalized spacial score (nSPS) is 11.8. The molecule has 0 aromatic heterocycles. The SMILES string of the molecule is CC(C)NC(=O)[C@@H](NC(=O)c1ccc(Cl)cc1)c1ccccc1. The largest absolute Gasteiger partial charge is 0.352 e. The third kappa shape index (κ3) is 4.83. The number of amides is 2. The smallest absolute Gasteiger partial charge is 0.252 e. The molecule has 120 valence electrons. The van der Waals surface area contributed by atoms with Crippen molar-refractivity contribution in [2.75, 3.05) is 0 Å². The van der Waals surface area contributed by atoms with E-state index >= 15 is 0 Å². The maximum absolute atomic E-state index is 12.4. The maximum Gasteiger partial charge on any atom is 0.252 e. The van der Waals surface area contributed by atoms with E-state index in [1.807, 2.05) is 44.2 Å². The van der Waals surface area contributed by atoms with E-state index < -0.39 is 6.04 Å². The van der Waals surface area contributed by atoms with Gasteiger partial charge < -0.3 is 10.6 Å². The molecule has 0 bridgehead atoms. The van der Waals surface area contributed by atoms with Crippen LogP contribution in [0.2, 0.25) is 5.02 Å². The molecule has 0 heterocycles. The fourth-order valence-electron chi connectivity index (χ4n) is 2.13. The first-order valence-corrected chi connectivity index (χ1v) is 7.77. The minimum absolute atomic E-state index is 0.0128. The lowest BCUT2D eigenvalue weighted by atomic mass is 10.0. The van der Waals surface area contributed by atoms with Crippen LogP contribution in [0.3, 0.4) is 0 Å². The number of benzene rings is 2. The predicted octanol–water partition coefficient (Wildman–Crippen LogP) is 3.34. The lowest BCUT2D eigenvalue weighted by Gasteiger charge is -2.20. The number of hydrogen-bond acceptors (Lipinski definition) is 2. The van der Waals surface area contributed by atoms with Crippen LogP contribution in [0.5, 0.6) is 0 Å². The first-order valence-electron chi connectivity index (χ1n) is 7.39. The molecule has 23 heavy (non-hydrogen) atoms. The van der Waals surface area contributed by atoms with Gasteiger partial charge in [-0.2, -0.15) is 0 Å². The molecule has 2 aromatic carbocycles. The summed E-state index contributed by atoms with van der Waals surface area (Å²) in [5.41, 5.74) is 1.18. The summed E-state index contributed by atoms with van der Waals surface area (Å²) in [4.78, 5) is 24.8. The van der Waals surface area contributed by atoms with E-state index in [0.29, 0.717) is 10.6 Å². The summed E-state index contributed by atoms with van der Waals surface area (Å²) in [6.07, 6.45) is 0. The molecule has 0 saturated carbocycles. The Bertz CT molecular complexity index is 669. The molecule has 0 unspecified atom stereocenters. The van der Waals surface area contributed by atoms with Crippen molar-refractivity contribution in [2.24, 2.45) is 0 Å². The number of carbonyl (C=O) groups is 2. The lowest BCUT2D eigenvalue weighted by Crippen LogP contribution is -2.42. The molecule has 0 fully saturated rings. The number of halogens is 1. The molecule has 0 aliphatic heterocycles. The molecule has 1 atom stereocenters. The van der Waals surface area contributed by atoms with Crippen LogP contribution in [0, 0.1) is 0 Å². The van der Waals surface area contributed by atoms with Crippen LogP contribution in [0.1, 0.15) is 35.8 Å². The minimum atomic E-state index is -0.748. The Kier molecular flexibility index (Phi) is 5.77. The molecule has 0 aliphatic rings. The van der Waals surface area contributed by atoms with Crippen molar-refractivity contribution in [1.29, 1.82) is 0 Å². The van der Waals surface area contributed by atoms with Gasteiger partial charge in [0, 0.05) is 16.6 Å². The van der Waals surface area contributed by atoms with Gasteiger partial charge in [-0.15, -0.1) is 0 Å². The molecular weight excluding hydrogens is 312 g/mol. The minimum Gasteiger partial charge on any atom is -0.352 e. The molecule has 0 spiro atoms. The Morgan fingerprint density at radius 3 is 2.09 bits per heavy atom. The maximum atomic E-state index is 12.4. The number of hydrogen-bond donors (Lipinski definition) is 2. The van der Waals surface area contributed by atoms with Gasteiger partial charge in [0.1, 0.15) is 6.04 Å². The van der Waals surface area contributed by atoms with E-state index in [0.717, 1.165) is 5.56 Å². The number of nitrogens with one attached hydrogen (secondary N) is 2. The van der Waals surface area contributed by atoms with Gasteiger partial charge in [0.05, 0.1) is 0 Å². The van der Waals surface area contributed by atoms with E-state index in [4.69, 9.17) is 11.6 Å². The van der Waals surface area contributed by atoms with E-state index in [9.17, 15) is 9.59 Å². The van der Waals surface area contributed by atoms with Gasteiger partial charge in [0.2, 0.25) is 5.91 Å². The Morgan fingerprint density at radius 1 is 0.913 bits per heavy atom. The highest BCUT2D eigenvalue weighted by Gasteiger charge is 2.23. The molecular formula is C18H19ClN2O2. The van der Waals surface area contributed by atoms with Gasteiger partial charge >= 0.3 is 0 Å². The van der Waals surface area contributed by atoms with Crippen molar-refractivity contribution in [1.82, 2.24) is 10.6 Å². The van der Waals surface area contributed by atoms with E-state index in [1.165, 1.54) is 0 Å². The zero-order chi connectivity index (χ0) is 16.8. The second-order valence-electron chi connectivity index (χ2n) is 5.49. The van der Waals surface area contributed by atoms with Crippen molar-refractivity contribution in [2.45, 2.75) is 25.9 Å². The van der Waals surface area contributed by atoms with Gasteiger partial charge in [-0.05, 0) is 43.7 Å². The third-order valence-corrected chi connectivity index (χ3v) is 3.46. The molecule has 0 saturated heterocycles. The Balaban J connectivity index is 2.22. The van der Waals surface area contributed by atoms with E-state index in [2.05, 4.69) is 10.6 Å². The van der Waals surface area contributed by atoms with Crippen LogP contribution in [-0.2, 0) is 4.79 Å². The third-order valence-electron chi connectivity index (χ3n) is 3.21. The topological polar surface area (TPSA) is 58.2 Å². The Hall–Kier alpha value is -2.33. The molecule has 0 aliphatic carbocycles. The van der Waals surface area contributed by atoms with Crippen LogP contribution in [-0.4, -0.2) is 17.9 Å². The summed E-state index contributed by atoms with van der Waals surface area (Å²) in [5.74, 6) is -0.567. The summed E-state index contributed by atoms with van der Waals surface area (Å²) >= 11 is 5.83. The summed E-state index contributed by atoms with van der Waals surface area (Å²) in [7, 11) is 0. The van der Waals surface area contributed by atoms with Crippen LogP contribution in [0.15, 0.2) is 54.6 Å². The van der Waals surface area contributed by atoms with Crippen LogP contribution < -0.4 is 10.6 Å². The first-order chi connectivity index (χ1) is 11.0. The van der Waals surface area contributed by atoms with Crippen LogP contribution >= 0.6 is 11.6 Å². The highest BCUT2D eigenvalue weighted by Crippen LogP contribution is 2.15. The van der Waals surface area contributed by atoms with Gasteiger partial charge in [-0.1, -0.05) is 41.9 Å². The van der Waals surface area contributed by atoms with Crippen molar-refractivity contribution < 1.29 is 9.59 Å². The van der Waals surface area contributed by atoms with Crippen LogP contribution in [0.25, 0.3) is 0 Å². The predicted molar refractivity (Wildman–Crippen MR) is 91.4 cm³/mol. The lowest BCUT2D eigenvalue weighted by molar-refractivity contribution is -0.123. The Morgan fingerprint density at radius 2 is 1.52 bits per heavy atom. The van der Waals surface area contributed by atoms with Crippen LogP contribution in [0.4, 0.5) is 0 Å². The summed E-state index contributed by atoms with van der Waals surface area (Å²) in [6, 6.07) is 14.9. The second kappa shape index (κ2) is 7.79. The van der Waals surface area contributed by atoms with Gasteiger partial charge in [-0.25, -0.2) is 0 Å². The summed E-state index contributed by atoms with van der Waals surface area (Å²) < 4.78 is 0. The van der Waals surface area contributed by atoms with Gasteiger partial charge in [-0.3, -0.25) is 9.59 Å². The number of rotatable bonds is 5. The van der Waals surface area contributed by atoms with Crippen molar-refractivity contribution in [3.05, 3.63) is 70.7 Å². The zero-order valence-electron chi connectivity index (χ0n) is 13.0. The quantitative estimate of drug-likeness (QED) is 0.883. The highest BCUT2D eigenvalue weighted by molar-refractivity contribution is 6.30. The number of carbonyl (C=O) groups excluding carboxylic acids is 2. The fraction of sp³-hybridized carbons (Fsp3) is 0.222. The van der Waals surface area contributed by atoms with Crippen molar-refractivity contribution in [3.8, 4) is 0 Å². The fourth-order valence-corrected chi connectivity index (χ4v) is 2.26. The molecule has 4 nitrogen and oxygen atoms in total. The monoisotopic (exact) mass is 330 g/mol. The molecule has 2 aromatic rings. The standard InChI is InChI=1S/C18H19ClN2O2/c1-12(2)20-18(23)16(13-6-4-3-5-7-13)21-17(22)14-8-10-15(19)11-9-14/h3-12,16H,1-2H3,(H,20,23)(H,21,22)/t16-/m0/s1. The van der Waals surface area contributed by atoms with E-state index in [-0.39, 0.29) is 17.9 Å². The summed E-state index contributed by atoms with van der Waals surface area (Å²) in [5, 5.41) is 6.17. The molecule has 2 rings (SSSR count). The zero-order valence-corrected chi connectivity index (χ0v) is 13.8. The highest BCUT2D eigenvalue weighted by atomic mass is 35.5. The Labute approximate surface area is 140 Å². The summed E-state index contributed by atoms with van der Waals surface area (Å²) in [6.45, 7) is 3.75. The van der Waals surface area contributed by atoms with Crippen molar-refractivity contribution in [3.63, 3.8) is 0 Å². The molecule has 2 amide bonds.